The molecule has 0 spiro atoms. The number of hydrogen-bond acceptors (Lipinski definition) is 5. The first-order valence-electron chi connectivity index (χ1n) is 10.7. The summed E-state index contributed by atoms with van der Waals surface area (Å²) in [7, 11) is 0. The van der Waals surface area contributed by atoms with E-state index in [0.29, 0.717) is 31.5 Å². The lowest BCUT2D eigenvalue weighted by Crippen LogP contribution is -2.52. The third kappa shape index (κ3) is 3.64. The average molecular weight is 419 g/mol. The number of β-amino-alcohol motifs (C(OH)–C–C–N with tert-alkyl or cyclic N) is 1. The Balaban J connectivity index is 1.32. The highest BCUT2D eigenvalue weighted by Gasteiger charge is 2.41. The van der Waals surface area contributed by atoms with E-state index in [1.165, 1.54) is 10.5 Å². The van der Waals surface area contributed by atoms with Crippen LogP contribution in [-0.4, -0.2) is 51.8 Å². The van der Waals surface area contributed by atoms with Crippen molar-refractivity contribution in [2.24, 2.45) is 0 Å². The number of amides is 3. The number of likely N-dealkylation sites (tertiary alicyclic amines) is 1. The number of fused-ring (bicyclic) bond motifs is 1. The van der Waals surface area contributed by atoms with E-state index < -0.39 is 17.6 Å². The molecule has 3 amide bonds. The van der Waals surface area contributed by atoms with Gasteiger partial charge >= 0.3 is 0 Å². The lowest BCUT2D eigenvalue weighted by molar-refractivity contribution is -0.136. The van der Waals surface area contributed by atoms with Crippen LogP contribution in [0.3, 0.4) is 0 Å². The number of aliphatic hydroxyl groups is 1. The summed E-state index contributed by atoms with van der Waals surface area (Å²) in [6.45, 7) is 2.43. The normalized spacial score (nSPS) is 26.3. The number of carbonyl (C=O) groups is 3. The second kappa shape index (κ2) is 7.59. The Bertz CT molecular complexity index is 1050. The Hall–Kier alpha value is -3.03. The van der Waals surface area contributed by atoms with Crippen molar-refractivity contribution in [1.82, 2.24) is 15.1 Å². The minimum Gasteiger partial charge on any atom is -0.384 e. The van der Waals surface area contributed by atoms with Crippen LogP contribution in [0.4, 0.5) is 0 Å². The first-order valence-corrected chi connectivity index (χ1v) is 10.7. The van der Waals surface area contributed by atoms with Gasteiger partial charge in [-0.05, 0) is 35.6 Å². The molecular weight excluding hydrogens is 394 g/mol. The van der Waals surface area contributed by atoms with Crippen molar-refractivity contribution in [1.29, 1.82) is 0 Å². The molecule has 3 aliphatic rings. The molecule has 0 bridgehead atoms. The summed E-state index contributed by atoms with van der Waals surface area (Å²) in [4.78, 5) is 40.3. The SMILES string of the molecule is O=C1CCC(N2Cc3cc(C4(O)CCN(Cc5ccccc5)C4)ccc3C2=O)C(=O)N1. The fraction of sp³-hybridized carbons (Fsp3) is 0.375. The number of imide groups is 1. The van der Waals surface area contributed by atoms with Crippen LogP contribution in [0.15, 0.2) is 48.5 Å². The van der Waals surface area contributed by atoms with E-state index in [1.54, 1.807) is 6.07 Å². The highest BCUT2D eigenvalue weighted by molar-refractivity contribution is 6.05. The van der Waals surface area contributed by atoms with E-state index in [0.717, 1.165) is 24.2 Å². The molecule has 2 atom stereocenters. The molecule has 0 saturated carbocycles. The van der Waals surface area contributed by atoms with Crippen molar-refractivity contribution in [2.75, 3.05) is 13.1 Å². The molecule has 7 nitrogen and oxygen atoms in total. The maximum Gasteiger partial charge on any atom is 0.255 e. The molecule has 7 heteroatoms. The lowest BCUT2D eigenvalue weighted by Gasteiger charge is -2.29. The van der Waals surface area contributed by atoms with Crippen LogP contribution in [0.25, 0.3) is 0 Å². The molecule has 2 unspecified atom stereocenters. The average Bonchev–Trinajstić information content (AvgIpc) is 3.29. The van der Waals surface area contributed by atoms with Crippen molar-refractivity contribution < 1.29 is 19.5 Å². The van der Waals surface area contributed by atoms with Crippen LogP contribution < -0.4 is 5.32 Å². The predicted octanol–water partition coefficient (Wildman–Crippen LogP) is 1.54. The largest absolute Gasteiger partial charge is 0.384 e. The summed E-state index contributed by atoms with van der Waals surface area (Å²) in [6.07, 6.45) is 1.21. The molecule has 2 aromatic rings. The Kier molecular flexibility index (Phi) is 4.87. The number of piperidine rings is 1. The Morgan fingerprint density at radius 1 is 1.10 bits per heavy atom. The summed E-state index contributed by atoms with van der Waals surface area (Å²) in [5.74, 6) is -0.903. The minimum absolute atomic E-state index is 0.194. The van der Waals surface area contributed by atoms with Crippen molar-refractivity contribution in [3.05, 3.63) is 70.8 Å². The van der Waals surface area contributed by atoms with Crippen LogP contribution in [0.1, 0.15) is 46.3 Å². The summed E-state index contributed by atoms with van der Waals surface area (Å²) >= 11 is 0. The molecule has 3 aliphatic heterocycles. The monoisotopic (exact) mass is 419 g/mol. The Morgan fingerprint density at radius 3 is 2.68 bits per heavy atom. The number of nitrogens with one attached hydrogen (secondary N) is 1. The molecule has 2 saturated heterocycles. The van der Waals surface area contributed by atoms with Gasteiger partial charge < -0.3 is 10.0 Å². The van der Waals surface area contributed by atoms with E-state index in [-0.39, 0.29) is 18.2 Å². The predicted molar refractivity (Wildman–Crippen MR) is 113 cm³/mol. The molecule has 0 aromatic heterocycles. The zero-order valence-corrected chi connectivity index (χ0v) is 17.2. The van der Waals surface area contributed by atoms with Gasteiger partial charge in [0.1, 0.15) is 11.6 Å². The van der Waals surface area contributed by atoms with Gasteiger partial charge in [0.05, 0.1) is 0 Å². The Labute approximate surface area is 180 Å². The molecule has 0 aliphatic carbocycles. The Morgan fingerprint density at radius 2 is 1.90 bits per heavy atom. The van der Waals surface area contributed by atoms with Gasteiger partial charge in [0.15, 0.2) is 0 Å². The highest BCUT2D eigenvalue weighted by atomic mass is 16.3. The zero-order chi connectivity index (χ0) is 21.6. The van der Waals surface area contributed by atoms with Gasteiger partial charge in [-0.15, -0.1) is 0 Å². The first-order chi connectivity index (χ1) is 14.9. The van der Waals surface area contributed by atoms with Crippen LogP contribution in [0.5, 0.6) is 0 Å². The van der Waals surface area contributed by atoms with Gasteiger partial charge in [-0.3, -0.25) is 24.6 Å². The third-order valence-electron chi connectivity index (χ3n) is 6.64. The molecule has 2 aromatic carbocycles. The van der Waals surface area contributed by atoms with E-state index >= 15 is 0 Å². The molecule has 5 rings (SSSR count). The number of carbonyl (C=O) groups excluding carboxylic acids is 3. The topological polar surface area (TPSA) is 90.0 Å². The lowest BCUT2D eigenvalue weighted by atomic mass is 9.90. The molecule has 160 valence electrons. The maximum absolute atomic E-state index is 12.9. The van der Waals surface area contributed by atoms with E-state index in [9.17, 15) is 19.5 Å². The molecule has 31 heavy (non-hydrogen) atoms. The second-order valence-corrected chi connectivity index (χ2v) is 8.75. The van der Waals surface area contributed by atoms with Gasteiger partial charge in [-0.25, -0.2) is 0 Å². The van der Waals surface area contributed by atoms with Crippen molar-refractivity contribution in [2.45, 2.75) is 44.0 Å². The smallest absolute Gasteiger partial charge is 0.255 e. The molecule has 2 N–H and O–H groups in total. The molecule has 3 heterocycles. The number of rotatable bonds is 4. The van der Waals surface area contributed by atoms with E-state index in [2.05, 4.69) is 22.3 Å². The molecule has 0 radical (unpaired) electrons. The quantitative estimate of drug-likeness (QED) is 0.734. The summed E-state index contributed by atoms with van der Waals surface area (Å²) in [6, 6.07) is 15.1. The van der Waals surface area contributed by atoms with Gasteiger partial charge in [0, 0.05) is 38.2 Å². The van der Waals surface area contributed by atoms with Crippen molar-refractivity contribution in [3.63, 3.8) is 0 Å². The zero-order valence-electron chi connectivity index (χ0n) is 17.2. The van der Waals surface area contributed by atoms with Gasteiger partial charge in [0.25, 0.3) is 5.91 Å². The molecule has 2 fully saturated rings. The fourth-order valence-corrected chi connectivity index (χ4v) is 4.95. The number of nitrogens with zero attached hydrogens (tertiary/aromatic N) is 2. The highest BCUT2D eigenvalue weighted by Crippen LogP contribution is 2.36. The minimum atomic E-state index is -0.963. The van der Waals surface area contributed by atoms with Crippen LogP contribution in [-0.2, 0) is 28.3 Å². The summed E-state index contributed by atoms with van der Waals surface area (Å²) < 4.78 is 0. The maximum atomic E-state index is 12.9. The summed E-state index contributed by atoms with van der Waals surface area (Å²) in [5.41, 5.74) is 2.44. The third-order valence-corrected chi connectivity index (χ3v) is 6.64. The van der Waals surface area contributed by atoms with E-state index in [4.69, 9.17) is 0 Å². The number of hydrogen-bond donors (Lipinski definition) is 2. The molecular formula is C24H25N3O4. The number of benzene rings is 2. The fourth-order valence-electron chi connectivity index (χ4n) is 4.95. The van der Waals surface area contributed by atoms with Gasteiger partial charge in [-0.2, -0.15) is 0 Å². The van der Waals surface area contributed by atoms with Gasteiger partial charge in [-0.1, -0.05) is 42.5 Å². The second-order valence-electron chi connectivity index (χ2n) is 8.75. The standard InChI is InChI=1S/C24H25N3O4/c28-21-9-8-20(22(29)25-21)27-14-17-12-18(6-7-19(17)23(27)30)24(31)10-11-26(15-24)13-16-4-2-1-3-5-16/h1-7,12,20,31H,8-11,13-15H2,(H,25,28,29). The van der Waals surface area contributed by atoms with Crippen LogP contribution >= 0.6 is 0 Å². The van der Waals surface area contributed by atoms with Crippen LogP contribution in [0.2, 0.25) is 0 Å². The first kappa shape index (κ1) is 19.9. The van der Waals surface area contributed by atoms with Crippen LogP contribution in [0, 0.1) is 0 Å². The van der Waals surface area contributed by atoms with Crippen molar-refractivity contribution in [3.8, 4) is 0 Å². The van der Waals surface area contributed by atoms with E-state index in [1.807, 2.05) is 30.3 Å². The van der Waals surface area contributed by atoms with Gasteiger partial charge in [0.2, 0.25) is 11.8 Å². The summed E-state index contributed by atoms with van der Waals surface area (Å²) in [5, 5.41) is 13.7. The van der Waals surface area contributed by atoms with Crippen molar-refractivity contribution >= 4 is 17.7 Å².